The van der Waals surface area contributed by atoms with Crippen molar-refractivity contribution in [1.29, 1.82) is 0 Å². The SMILES string of the molecule is C=CC1CC1NC(=O)C1CC(O)CN1. The van der Waals surface area contributed by atoms with Crippen molar-refractivity contribution in [2.45, 2.75) is 31.0 Å². The molecule has 2 fully saturated rings. The Kier molecular flexibility index (Phi) is 2.56. The van der Waals surface area contributed by atoms with E-state index in [4.69, 9.17) is 0 Å². The lowest BCUT2D eigenvalue weighted by atomic mass is 10.2. The second-order valence-corrected chi connectivity index (χ2v) is 4.10. The van der Waals surface area contributed by atoms with Gasteiger partial charge in [-0.15, -0.1) is 6.58 Å². The maximum atomic E-state index is 11.6. The van der Waals surface area contributed by atoms with Gasteiger partial charge in [0.15, 0.2) is 0 Å². The molecule has 1 amide bonds. The van der Waals surface area contributed by atoms with Crippen molar-refractivity contribution in [2.24, 2.45) is 5.92 Å². The third-order valence-electron chi connectivity index (χ3n) is 2.89. The molecule has 2 rings (SSSR count). The van der Waals surface area contributed by atoms with Crippen LogP contribution in [0.5, 0.6) is 0 Å². The van der Waals surface area contributed by atoms with Gasteiger partial charge in [0, 0.05) is 12.6 Å². The van der Waals surface area contributed by atoms with E-state index in [-0.39, 0.29) is 24.1 Å². The van der Waals surface area contributed by atoms with Crippen molar-refractivity contribution in [3.63, 3.8) is 0 Å². The second-order valence-electron chi connectivity index (χ2n) is 4.10. The lowest BCUT2D eigenvalue weighted by Crippen LogP contribution is -2.41. The highest BCUT2D eigenvalue weighted by Crippen LogP contribution is 2.31. The van der Waals surface area contributed by atoms with Crippen LogP contribution in [0.3, 0.4) is 0 Å². The van der Waals surface area contributed by atoms with E-state index in [1.807, 2.05) is 6.08 Å². The first-order chi connectivity index (χ1) is 6.70. The summed E-state index contributed by atoms with van der Waals surface area (Å²) in [6, 6.07) is 0.0654. The van der Waals surface area contributed by atoms with Gasteiger partial charge >= 0.3 is 0 Å². The highest BCUT2D eigenvalue weighted by Gasteiger charge is 2.38. The van der Waals surface area contributed by atoms with Gasteiger partial charge in [0.05, 0.1) is 12.1 Å². The van der Waals surface area contributed by atoms with E-state index >= 15 is 0 Å². The predicted octanol–water partition coefficient (Wildman–Crippen LogP) is -0.600. The van der Waals surface area contributed by atoms with Gasteiger partial charge in [-0.3, -0.25) is 4.79 Å². The largest absolute Gasteiger partial charge is 0.392 e. The Balaban J connectivity index is 1.76. The number of nitrogens with one attached hydrogen (secondary N) is 2. The fourth-order valence-corrected chi connectivity index (χ4v) is 1.84. The first kappa shape index (κ1) is 9.68. The molecule has 4 unspecified atom stereocenters. The molecule has 1 saturated carbocycles. The number of amides is 1. The fourth-order valence-electron chi connectivity index (χ4n) is 1.84. The highest BCUT2D eigenvalue weighted by atomic mass is 16.3. The molecule has 0 spiro atoms. The molecule has 2 aliphatic rings. The van der Waals surface area contributed by atoms with E-state index in [0.717, 1.165) is 6.42 Å². The van der Waals surface area contributed by atoms with Crippen LogP contribution in [-0.2, 0) is 4.79 Å². The summed E-state index contributed by atoms with van der Waals surface area (Å²) in [6.07, 6.45) is 3.03. The lowest BCUT2D eigenvalue weighted by molar-refractivity contribution is -0.123. The van der Waals surface area contributed by atoms with Crippen molar-refractivity contribution in [3.05, 3.63) is 12.7 Å². The van der Waals surface area contributed by atoms with E-state index in [1.54, 1.807) is 0 Å². The number of hydrogen-bond acceptors (Lipinski definition) is 3. The maximum absolute atomic E-state index is 11.6. The average molecular weight is 196 g/mol. The minimum Gasteiger partial charge on any atom is -0.392 e. The minimum atomic E-state index is -0.375. The molecule has 14 heavy (non-hydrogen) atoms. The van der Waals surface area contributed by atoms with Crippen LogP contribution < -0.4 is 10.6 Å². The van der Waals surface area contributed by atoms with Gasteiger partial charge in [-0.25, -0.2) is 0 Å². The molecule has 0 radical (unpaired) electrons. The predicted molar refractivity (Wildman–Crippen MR) is 52.6 cm³/mol. The van der Waals surface area contributed by atoms with Crippen LogP contribution in [0.1, 0.15) is 12.8 Å². The summed E-state index contributed by atoms with van der Waals surface area (Å²) in [6.45, 7) is 4.20. The van der Waals surface area contributed by atoms with E-state index in [1.165, 1.54) is 0 Å². The topological polar surface area (TPSA) is 61.4 Å². The van der Waals surface area contributed by atoms with Crippen LogP contribution in [0.4, 0.5) is 0 Å². The lowest BCUT2D eigenvalue weighted by Gasteiger charge is -2.10. The normalized spacial score (nSPS) is 40.6. The molecule has 0 aromatic heterocycles. The summed E-state index contributed by atoms with van der Waals surface area (Å²) in [5, 5.41) is 15.2. The monoisotopic (exact) mass is 196 g/mol. The van der Waals surface area contributed by atoms with Gasteiger partial charge in [-0.2, -0.15) is 0 Å². The Morgan fingerprint density at radius 1 is 1.57 bits per heavy atom. The summed E-state index contributed by atoms with van der Waals surface area (Å²) in [7, 11) is 0. The zero-order chi connectivity index (χ0) is 10.1. The third kappa shape index (κ3) is 1.96. The van der Waals surface area contributed by atoms with Gasteiger partial charge in [0.1, 0.15) is 0 Å². The number of hydrogen-bond donors (Lipinski definition) is 3. The quantitative estimate of drug-likeness (QED) is 0.528. The zero-order valence-corrected chi connectivity index (χ0v) is 8.07. The minimum absolute atomic E-state index is 0.0101. The third-order valence-corrected chi connectivity index (χ3v) is 2.89. The Morgan fingerprint density at radius 2 is 2.36 bits per heavy atom. The number of carbonyl (C=O) groups excluding carboxylic acids is 1. The fraction of sp³-hybridized carbons (Fsp3) is 0.700. The second kappa shape index (κ2) is 3.71. The van der Waals surface area contributed by atoms with Crippen LogP contribution in [0, 0.1) is 5.92 Å². The Bertz CT molecular complexity index is 255. The van der Waals surface area contributed by atoms with Crippen LogP contribution in [0.15, 0.2) is 12.7 Å². The number of carbonyl (C=O) groups is 1. The standard InChI is InChI=1S/C10H16N2O2/c1-2-6-3-8(6)12-10(14)9-4-7(13)5-11-9/h2,6-9,11,13H,1,3-5H2,(H,12,14). The van der Waals surface area contributed by atoms with Gasteiger partial charge in [-0.1, -0.05) is 6.08 Å². The van der Waals surface area contributed by atoms with Crippen LogP contribution in [-0.4, -0.2) is 35.7 Å². The molecular weight excluding hydrogens is 180 g/mol. The number of rotatable bonds is 3. The maximum Gasteiger partial charge on any atom is 0.237 e. The van der Waals surface area contributed by atoms with Gasteiger partial charge in [0.25, 0.3) is 0 Å². The summed E-state index contributed by atoms with van der Waals surface area (Å²) in [5.74, 6) is 0.459. The van der Waals surface area contributed by atoms with E-state index < -0.39 is 0 Å². The highest BCUT2D eigenvalue weighted by molar-refractivity contribution is 5.82. The average Bonchev–Trinajstić information content (AvgIpc) is 2.77. The number of aliphatic hydroxyl groups excluding tert-OH is 1. The van der Waals surface area contributed by atoms with Crippen molar-refractivity contribution in [1.82, 2.24) is 10.6 Å². The smallest absolute Gasteiger partial charge is 0.237 e. The molecule has 1 saturated heterocycles. The van der Waals surface area contributed by atoms with Crippen molar-refractivity contribution < 1.29 is 9.90 Å². The Hall–Kier alpha value is -0.870. The Labute approximate surface area is 83.4 Å². The van der Waals surface area contributed by atoms with Gasteiger partial charge in [0.2, 0.25) is 5.91 Å². The molecule has 4 heteroatoms. The van der Waals surface area contributed by atoms with E-state index in [0.29, 0.717) is 18.9 Å². The summed E-state index contributed by atoms with van der Waals surface area (Å²) in [4.78, 5) is 11.6. The van der Waals surface area contributed by atoms with E-state index in [9.17, 15) is 9.90 Å². The van der Waals surface area contributed by atoms with Crippen molar-refractivity contribution in [2.75, 3.05) is 6.54 Å². The molecule has 0 aromatic carbocycles. The molecule has 78 valence electrons. The van der Waals surface area contributed by atoms with Gasteiger partial charge in [-0.05, 0) is 18.8 Å². The van der Waals surface area contributed by atoms with E-state index in [2.05, 4.69) is 17.2 Å². The van der Waals surface area contributed by atoms with Crippen LogP contribution >= 0.6 is 0 Å². The summed E-state index contributed by atoms with van der Waals surface area (Å²) >= 11 is 0. The first-order valence-corrected chi connectivity index (χ1v) is 5.05. The number of β-amino-alcohol motifs (C(OH)–C–C–N with tert-alkyl or cyclic N) is 1. The molecule has 1 aliphatic heterocycles. The van der Waals surface area contributed by atoms with Gasteiger partial charge < -0.3 is 15.7 Å². The molecular formula is C10H16N2O2. The molecule has 0 bridgehead atoms. The number of aliphatic hydroxyl groups is 1. The molecule has 1 heterocycles. The summed E-state index contributed by atoms with van der Waals surface area (Å²) in [5.41, 5.74) is 0. The van der Waals surface area contributed by atoms with Crippen molar-refractivity contribution >= 4 is 5.91 Å². The molecule has 4 nitrogen and oxygen atoms in total. The van der Waals surface area contributed by atoms with Crippen LogP contribution in [0.2, 0.25) is 0 Å². The van der Waals surface area contributed by atoms with Crippen molar-refractivity contribution in [3.8, 4) is 0 Å². The molecule has 0 aromatic rings. The Morgan fingerprint density at radius 3 is 2.86 bits per heavy atom. The van der Waals surface area contributed by atoms with Crippen LogP contribution in [0.25, 0.3) is 0 Å². The first-order valence-electron chi connectivity index (χ1n) is 5.05. The zero-order valence-electron chi connectivity index (χ0n) is 8.07. The molecule has 4 atom stereocenters. The summed E-state index contributed by atoms with van der Waals surface area (Å²) < 4.78 is 0. The molecule has 3 N–H and O–H groups in total. The molecule has 1 aliphatic carbocycles.